The molecular formula is C17H17NO. The van der Waals surface area contributed by atoms with Gasteiger partial charge in [0.25, 0.3) is 0 Å². The Morgan fingerprint density at radius 3 is 2.21 bits per heavy atom. The van der Waals surface area contributed by atoms with Gasteiger partial charge in [0.05, 0.1) is 11.6 Å². The summed E-state index contributed by atoms with van der Waals surface area (Å²) in [5.74, 6) is 1.48. The fourth-order valence-electron chi connectivity index (χ4n) is 1.79. The van der Waals surface area contributed by atoms with Crippen LogP contribution in [0.4, 0.5) is 0 Å². The van der Waals surface area contributed by atoms with E-state index < -0.39 is 0 Å². The molecule has 0 unspecified atom stereocenters. The lowest BCUT2D eigenvalue weighted by Crippen LogP contribution is -2.10. The minimum atomic E-state index is 0.0911. The van der Waals surface area contributed by atoms with Crippen molar-refractivity contribution in [2.75, 3.05) is 0 Å². The van der Waals surface area contributed by atoms with Crippen LogP contribution in [-0.2, 0) is 5.41 Å². The van der Waals surface area contributed by atoms with Crippen LogP contribution in [0.25, 0.3) is 0 Å². The molecule has 0 radical (unpaired) electrons. The summed E-state index contributed by atoms with van der Waals surface area (Å²) < 4.78 is 5.81. The van der Waals surface area contributed by atoms with Gasteiger partial charge in [-0.2, -0.15) is 5.26 Å². The van der Waals surface area contributed by atoms with Crippen LogP contribution in [0.5, 0.6) is 11.5 Å². The smallest absolute Gasteiger partial charge is 0.128 e. The van der Waals surface area contributed by atoms with Gasteiger partial charge >= 0.3 is 0 Å². The van der Waals surface area contributed by atoms with Crippen molar-refractivity contribution >= 4 is 0 Å². The topological polar surface area (TPSA) is 33.0 Å². The Morgan fingerprint density at radius 2 is 1.58 bits per heavy atom. The molecule has 0 aliphatic heterocycles. The van der Waals surface area contributed by atoms with Crippen LogP contribution in [0.1, 0.15) is 31.9 Å². The molecule has 2 aromatic carbocycles. The highest BCUT2D eigenvalue weighted by Gasteiger charge is 2.14. The standard InChI is InChI=1S/C17H17NO/c1-17(2,3)14-7-5-9-16(11-14)19-15-8-4-6-13(10-15)12-18/h4-11H,1-3H3. The molecule has 0 saturated heterocycles. The van der Waals surface area contributed by atoms with Crippen molar-refractivity contribution in [3.05, 3.63) is 59.7 Å². The van der Waals surface area contributed by atoms with Crippen LogP contribution in [0.2, 0.25) is 0 Å². The Kier molecular flexibility index (Phi) is 3.57. The first-order valence-electron chi connectivity index (χ1n) is 6.27. The third-order valence-electron chi connectivity index (χ3n) is 2.90. The summed E-state index contributed by atoms with van der Waals surface area (Å²) in [7, 11) is 0. The normalized spacial score (nSPS) is 10.8. The first-order valence-corrected chi connectivity index (χ1v) is 6.27. The molecule has 2 nitrogen and oxygen atoms in total. The Balaban J connectivity index is 2.26. The third-order valence-corrected chi connectivity index (χ3v) is 2.90. The predicted octanol–water partition coefficient (Wildman–Crippen LogP) is 4.65. The second kappa shape index (κ2) is 5.16. The lowest BCUT2D eigenvalue weighted by atomic mass is 9.87. The maximum absolute atomic E-state index is 8.87. The maximum Gasteiger partial charge on any atom is 0.128 e. The van der Waals surface area contributed by atoms with Crippen LogP contribution in [0.15, 0.2) is 48.5 Å². The minimum absolute atomic E-state index is 0.0911. The summed E-state index contributed by atoms with van der Waals surface area (Å²) in [5, 5.41) is 8.87. The van der Waals surface area contributed by atoms with Crippen LogP contribution < -0.4 is 4.74 Å². The maximum atomic E-state index is 8.87. The molecule has 0 spiro atoms. The number of benzene rings is 2. The Morgan fingerprint density at radius 1 is 0.947 bits per heavy atom. The molecule has 0 atom stereocenters. The number of ether oxygens (including phenoxy) is 1. The molecule has 19 heavy (non-hydrogen) atoms. The number of hydrogen-bond acceptors (Lipinski definition) is 2. The Hall–Kier alpha value is -2.27. The average molecular weight is 251 g/mol. The fourth-order valence-corrected chi connectivity index (χ4v) is 1.79. The van der Waals surface area contributed by atoms with Gasteiger partial charge in [-0.25, -0.2) is 0 Å². The first kappa shape index (κ1) is 13.2. The molecular weight excluding hydrogens is 234 g/mol. The van der Waals surface area contributed by atoms with Crippen LogP contribution in [0, 0.1) is 11.3 Å². The van der Waals surface area contributed by atoms with Crippen molar-refractivity contribution in [3.63, 3.8) is 0 Å². The lowest BCUT2D eigenvalue weighted by Gasteiger charge is -2.19. The molecule has 96 valence electrons. The summed E-state index contributed by atoms with van der Waals surface area (Å²) in [4.78, 5) is 0. The summed E-state index contributed by atoms with van der Waals surface area (Å²) in [6, 6.07) is 17.3. The Bertz CT molecular complexity index is 618. The molecule has 2 heteroatoms. The van der Waals surface area contributed by atoms with E-state index in [9.17, 15) is 0 Å². The van der Waals surface area contributed by atoms with E-state index in [-0.39, 0.29) is 5.41 Å². The third kappa shape index (κ3) is 3.35. The molecule has 0 amide bonds. The van der Waals surface area contributed by atoms with E-state index in [1.165, 1.54) is 5.56 Å². The van der Waals surface area contributed by atoms with E-state index in [1.807, 2.05) is 30.3 Å². The number of rotatable bonds is 2. The molecule has 0 aliphatic rings. The molecule has 0 aromatic heterocycles. The first-order chi connectivity index (χ1) is 8.99. The zero-order valence-electron chi connectivity index (χ0n) is 11.5. The van der Waals surface area contributed by atoms with E-state index in [1.54, 1.807) is 12.1 Å². The van der Waals surface area contributed by atoms with Crippen molar-refractivity contribution in [2.45, 2.75) is 26.2 Å². The van der Waals surface area contributed by atoms with Gasteiger partial charge in [0.2, 0.25) is 0 Å². The highest BCUT2D eigenvalue weighted by molar-refractivity contribution is 5.40. The quantitative estimate of drug-likeness (QED) is 0.778. The van der Waals surface area contributed by atoms with E-state index in [4.69, 9.17) is 10.00 Å². The van der Waals surface area contributed by atoms with Crippen LogP contribution in [0.3, 0.4) is 0 Å². The fraction of sp³-hybridized carbons (Fsp3) is 0.235. The highest BCUT2D eigenvalue weighted by atomic mass is 16.5. The second-order valence-electron chi connectivity index (χ2n) is 5.52. The molecule has 0 aliphatic carbocycles. The lowest BCUT2D eigenvalue weighted by molar-refractivity contribution is 0.478. The number of nitriles is 1. The van der Waals surface area contributed by atoms with Crippen LogP contribution >= 0.6 is 0 Å². The SMILES string of the molecule is CC(C)(C)c1cccc(Oc2cccc(C#N)c2)c1. The summed E-state index contributed by atoms with van der Waals surface area (Å²) in [6.07, 6.45) is 0. The van der Waals surface area contributed by atoms with Crippen molar-refractivity contribution in [1.29, 1.82) is 5.26 Å². The minimum Gasteiger partial charge on any atom is -0.457 e. The summed E-state index contributed by atoms with van der Waals surface area (Å²) >= 11 is 0. The van der Waals surface area contributed by atoms with E-state index in [2.05, 4.69) is 32.9 Å². The van der Waals surface area contributed by atoms with Gasteiger partial charge in [0.1, 0.15) is 11.5 Å². The summed E-state index contributed by atoms with van der Waals surface area (Å²) in [6.45, 7) is 6.51. The molecule has 0 N–H and O–H groups in total. The van der Waals surface area contributed by atoms with Gasteiger partial charge in [0, 0.05) is 0 Å². The predicted molar refractivity (Wildman–Crippen MR) is 76.4 cm³/mol. The Labute approximate surface area is 114 Å². The van der Waals surface area contributed by atoms with Crippen molar-refractivity contribution in [2.24, 2.45) is 0 Å². The van der Waals surface area contributed by atoms with Gasteiger partial charge in [-0.15, -0.1) is 0 Å². The van der Waals surface area contributed by atoms with Crippen LogP contribution in [-0.4, -0.2) is 0 Å². The number of nitrogens with zero attached hydrogens (tertiary/aromatic N) is 1. The number of hydrogen-bond donors (Lipinski definition) is 0. The van der Waals surface area contributed by atoms with E-state index >= 15 is 0 Å². The molecule has 0 saturated carbocycles. The zero-order valence-corrected chi connectivity index (χ0v) is 11.5. The average Bonchev–Trinajstić information content (AvgIpc) is 2.38. The molecule has 0 fully saturated rings. The van der Waals surface area contributed by atoms with Gasteiger partial charge in [-0.1, -0.05) is 39.0 Å². The van der Waals surface area contributed by atoms with Gasteiger partial charge < -0.3 is 4.74 Å². The summed E-state index contributed by atoms with van der Waals surface area (Å²) in [5.41, 5.74) is 1.92. The van der Waals surface area contributed by atoms with Gasteiger partial charge in [-0.05, 0) is 41.3 Å². The molecule has 0 heterocycles. The monoisotopic (exact) mass is 251 g/mol. The zero-order chi connectivity index (χ0) is 13.9. The molecule has 2 aromatic rings. The van der Waals surface area contributed by atoms with Gasteiger partial charge in [0.15, 0.2) is 0 Å². The molecule has 0 bridgehead atoms. The van der Waals surface area contributed by atoms with Gasteiger partial charge in [-0.3, -0.25) is 0 Å². The highest BCUT2D eigenvalue weighted by Crippen LogP contribution is 2.28. The van der Waals surface area contributed by atoms with Crippen molar-refractivity contribution in [3.8, 4) is 17.6 Å². The van der Waals surface area contributed by atoms with E-state index in [0.29, 0.717) is 11.3 Å². The molecule has 2 rings (SSSR count). The van der Waals surface area contributed by atoms with E-state index in [0.717, 1.165) is 5.75 Å². The largest absolute Gasteiger partial charge is 0.457 e. The second-order valence-corrected chi connectivity index (χ2v) is 5.52. The van der Waals surface area contributed by atoms with Crippen molar-refractivity contribution in [1.82, 2.24) is 0 Å². The van der Waals surface area contributed by atoms with Crippen molar-refractivity contribution < 1.29 is 4.74 Å².